The van der Waals surface area contributed by atoms with Crippen LogP contribution in [-0.2, 0) is 15.3 Å². The maximum Gasteiger partial charge on any atom is 0.338 e. The number of alkyl halides is 1. The van der Waals surface area contributed by atoms with Crippen molar-refractivity contribution in [3.8, 4) is 0 Å². The summed E-state index contributed by atoms with van der Waals surface area (Å²) >= 11 is 6.84. The molecule has 152 valence electrons. The molecular weight excluding hydrogens is 396 g/mol. The maximum atomic E-state index is 12.6. The lowest BCUT2D eigenvalue weighted by molar-refractivity contribution is -0.216. The largest absolute Gasteiger partial charge is 0.454 e. The third kappa shape index (κ3) is 2.95. The number of rotatable bonds is 4. The molecule has 8 nitrogen and oxygen atoms in total. The minimum Gasteiger partial charge on any atom is -0.454 e. The van der Waals surface area contributed by atoms with Crippen molar-refractivity contribution in [1.82, 2.24) is 14.6 Å². The molecule has 29 heavy (non-hydrogen) atoms. The summed E-state index contributed by atoms with van der Waals surface area (Å²) in [5.74, 6) is -2.27. The molecule has 0 aliphatic carbocycles. The van der Waals surface area contributed by atoms with E-state index in [1.165, 1.54) is 10.8 Å². The fourth-order valence-electron chi connectivity index (χ4n) is 3.70. The van der Waals surface area contributed by atoms with E-state index in [1.54, 1.807) is 49.4 Å². The average Bonchev–Trinajstić information content (AvgIpc) is 3.23. The Hall–Kier alpha value is -2.68. The molecule has 1 fully saturated rings. The Morgan fingerprint density at radius 3 is 2.76 bits per heavy atom. The Morgan fingerprint density at radius 2 is 2.07 bits per heavy atom. The van der Waals surface area contributed by atoms with Crippen LogP contribution in [0.3, 0.4) is 0 Å². The van der Waals surface area contributed by atoms with Gasteiger partial charge in [-0.3, -0.25) is 0 Å². The van der Waals surface area contributed by atoms with E-state index in [0.717, 1.165) is 0 Å². The number of nitrogens with two attached hydrogens (primary N) is 1. The van der Waals surface area contributed by atoms with Crippen molar-refractivity contribution >= 4 is 28.9 Å². The zero-order valence-corrected chi connectivity index (χ0v) is 16.7. The molecule has 0 bridgehead atoms. The number of halogens is 1. The number of nitrogen functional groups attached to an aromatic ring is 1. The van der Waals surface area contributed by atoms with Gasteiger partial charge in [-0.1, -0.05) is 25.1 Å². The summed E-state index contributed by atoms with van der Waals surface area (Å²) in [6, 6.07) is 11.9. The van der Waals surface area contributed by atoms with Gasteiger partial charge < -0.3 is 20.3 Å². The summed E-state index contributed by atoms with van der Waals surface area (Å²) in [4.78, 5) is 15.1. The number of carbonyl (C=O) groups excluding carboxylic acids is 1. The van der Waals surface area contributed by atoms with Gasteiger partial charge in [-0.05, 0) is 37.6 Å². The van der Waals surface area contributed by atoms with Crippen LogP contribution in [0.2, 0.25) is 0 Å². The number of ether oxygens (including phenoxy) is 2. The van der Waals surface area contributed by atoms with E-state index in [9.17, 15) is 9.90 Å². The van der Waals surface area contributed by atoms with E-state index in [2.05, 4.69) is 10.1 Å². The quantitative estimate of drug-likeness (QED) is 0.496. The second kappa shape index (κ2) is 6.98. The zero-order valence-electron chi connectivity index (χ0n) is 15.9. The Kier molecular flexibility index (Phi) is 4.72. The maximum absolute atomic E-state index is 12.6. The number of esters is 1. The van der Waals surface area contributed by atoms with Gasteiger partial charge in [0.15, 0.2) is 11.9 Å². The SMILES string of the molecule is CC[C@H]1OC(O)(c2ccc3c(N)ncnn23)[C@](C)(Cl)[C@@H]1OC(=O)c1ccccc1. The monoisotopic (exact) mass is 416 g/mol. The predicted molar refractivity (Wildman–Crippen MR) is 106 cm³/mol. The molecule has 2 aromatic heterocycles. The fourth-order valence-corrected chi connectivity index (χ4v) is 4.03. The smallest absolute Gasteiger partial charge is 0.338 e. The number of hydrogen-bond donors (Lipinski definition) is 2. The summed E-state index contributed by atoms with van der Waals surface area (Å²) in [5, 5.41) is 15.7. The van der Waals surface area contributed by atoms with Crippen molar-refractivity contribution in [2.75, 3.05) is 5.73 Å². The van der Waals surface area contributed by atoms with Gasteiger partial charge in [0, 0.05) is 0 Å². The molecule has 0 saturated carbocycles. The van der Waals surface area contributed by atoms with Gasteiger partial charge in [-0.25, -0.2) is 14.3 Å². The van der Waals surface area contributed by atoms with Crippen LogP contribution in [0.4, 0.5) is 5.82 Å². The summed E-state index contributed by atoms with van der Waals surface area (Å²) in [7, 11) is 0. The first-order valence-electron chi connectivity index (χ1n) is 9.23. The number of benzene rings is 1. The topological polar surface area (TPSA) is 112 Å². The van der Waals surface area contributed by atoms with Gasteiger partial charge in [0.05, 0.1) is 5.56 Å². The summed E-state index contributed by atoms with van der Waals surface area (Å²) in [5.41, 5.74) is 7.06. The van der Waals surface area contributed by atoms with Crippen LogP contribution in [0.15, 0.2) is 48.8 Å². The Morgan fingerprint density at radius 1 is 1.34 bits per heavy atom. The van der Waals surface area contributed by atoms with Gasteiger partial charge >= 0.3 is 5.97 Å². The molecule has 0 radical (unpaired) electrons. The summed E-state index contributed by atoms with van der Waals surface area (Å²) in [6.45, 7) is 3.44. The molecular formula is C20H21ClN4O4. The number of aliphatic hydroxyl groups is 1. The van der Waals surface area contributed by atoms with Crippen LogP contribution >= 0.6 is 11.6 Å². The number of aromatic nitrogens is 3. The molecule has 0 amide bonds. The van der Waals surface area contributed by atoms with Crippen molar-refractivity contribution in [1.29, 1.82) is 0 Å². The van der Waals surface area contributed by atoms with Gasteiger partial charge in [0.25, 0.3) is 0 Å². The van der Waals surface area contributed by atoms with Crippen LogP contribution in [-0.4, -0.2) is 42.8 Å². The number of hydrogen-bond acceptors (Lipinski definition) is 7. The zero-order chi connectivity index (χ0) is 20.8. The minimum atomic E-state index is -1.98. The highest BCUT2D eigenvalue weighted by Gasteiger charge is 2.65. The molecule has 1 aromatic carbocycles. The van der Waals surface area contributed by atoms with E-state index in [0.29, 0.717) is 17.5 Å². The van der Waals surface area contributed by atoms with Crippen LogP contribution in [0.1, 0.15) is 36.3 Å². The molecule has 3 aromatic rings. The second-order valence-corrected chi connectivity index (χ2v) is 7.92. The molecule has 0 spiro atoms. The molecule has 9 heteroatoms. The summed E-state index contributed by atoms with van der Waals surface area (Å²) in [6.07, 6.45) is 0.217. The van der Waals surface area contributed by atoms with Crippen molar-refractivity contribution < 1.29 is 19.4 Å². The van der Waals surface area contributed by atoms with Gasteiger partial charge in [-0.2, -0.15) is 5.10 Å². The van der Waals surface area contributed by atoms with E-state index < -0.39 is 28.8 Å². The highest BCUT2D eigenvalue weighted by Crippen LogP contribution is 2.51. The van der Waals surface area contributed by atoms with Crippen LogP contribution < -0.4 is 5.73 Å². The number of fused-ring (bicyclic) bond motifs is 1. The van der Waals surface area contributed by atoms with Gasteiger partial charge in [0.1, 0.15) is 28.5 Å². The number of nitrogens with zero attached hydrogens (tertiary/aromatic N) is 3. The summed E-state index contributed by atoms with van der Waals surface area (Å²) < 4.78 is 13.1. The molecule has 1 saturated heterocycles. The standard InChI is InChI=1S/C20H21ClN4O4/c1-3-14-16(28-18(26)12-7-5-4-6-8-12)19(2,21)20(27,29-14)15-10-9-13-17(22)23-11-24-25(13)15/h4-11,14,16,27H,3H2,1-2H3,(H2,22,23,24)/t14-,16-,19-,20?/m1/s1. The van der Waals surface area contributed by atoms with E-state index >= 15 is 0 Å². The number of anilines is 1. The first-order chi connectivity index (χ1) is 13.8. The highest BCUT2D eigenvalue weighted by molar-refractivity contribution is 6.25. The van der Waals surface area contributed by atoms with Crippen molar-refractivity contribution in [3.63, 3.8) is 0 Å². The third-order valence-electron chi connectivity index (χ3n) is 5.33. The Bertz CT molecular complexity index is 1060. The van der Waals surface area contributed by atoms with Crippen LogP contribution in [0.5, 0.6) is 0 Å². The molecule has 1 aliphatic heterocycles. The molecule has 3 heterocycles. The lowest BCUT2D eigenvalue weighted by Gasteiger charge is -2.34. The Labute approximate surface area is 172 Å². The second-order valence-electron chi connectivity index (χ2n) is 7.14. The first kappa shape index (κ1) is 19.6. The van der Waals surface area contributed by atoms with E-state index in [4.69, 9.17) is 26.8 Å². The molecule has 1 unspecified atom stereocenters. The predicted octanol–water partition coefficient (Wildman–Crippen LogP) is 2.49. The average molecular weight is 417 g/mol. The molecule has 4 rings (SSSR count). The lowest BCUT2D eigenvalue weighted by atomic mass is 9.91. The van der Waals surface area contributed by atoms with Crippen molar-refractivity contribution in [2.45, 2.75) is 43.1 Å². The van der Waals surface area contributed by atoms with Crippen LogP contribution in [0, 0.1) is 0 Å². The highest BCUT2D eigenvalue weighted by atomic mass is 35.5. The fraction of sp³-hybridized carbons (Fsp3) is 0.350. The van der Waals surface area contributed by atoms with E-state index in [1.807, 2.05) is 6.92 Å². The third-order valence-corrected chi connectivity index (χ3v) is 5.80. The minimum absolute atomic E-state index is 0.253. The Balaban J connectivity index is 1.74. The lowest BCUT2D eigenvalue weighted by Crippen LogP contribution is -2.50. The molecule has 1 aliphatic rings. The van der Waals surface area contributed by atoms with Gasteiger partial charge in [0.2, 0.25) is 5.79 Å². The molecule has 3 N–H and O–H groups in total. The van der Waals surface area contributed by atoms with Crippen molar-refractivity contribution in [3.05, 3.63) is 60.0 Å². The number of carbonyl (C=O) groups is 1. The van der Waals surface area contributed by atoms with E-state index in [-0.39, 0.29) is 11.5 Å². The first-order valence-corrected chi connectivity index (χ1v) is 9.61. The van der Waals surface area contributed by atoms with Crippen LogP contribution in [0.25, 0.3) is 5.52 Å². The van der Waals surface area contributed by atoms with Gasteiger partial charge in [-0.15, -0.1) is 11.6 Å². The normalized spacial score (nSPS) is 29.2. The molecule has 4 atom stereocenters. The van der Waals surface area contributed by atoms with Crippen molar-refractivity contribution in [2.24, 2.45) is 0 Å².